The third kappa shape index (κ3) is 2.51. The third-order valence-electron chi connectivity index (χ3n) is 4.44. The lowest BCUT2D eigenvalue weighted by atomic mass is 10.0. The van der Waals surface area contributed by atoms with Crippen molar-refractivity contribution in [1.82, 2.24) is 14.6 Å². The number of aromatic nitrogens is 3. The van der Waals surface area contributed by atoms with Crippen LogP contribution in [0.5, 0.6) is 5.88 Å². The van der Waals surface area contributed by atoms with Crippen LogP contribution in [0.4, 0.5) is 0 Å². The van der Waals surface area contributed by atoms with E-state index >= 15 is 0 Å². The van der Waals surface area contributed by atoms with Crippen molar-refractivity contribution in [3.63, 3.8) is 0 Å². The van der Waals surface area contributed by atoms with Gasteiger partial charge < -0.3 is 10.0 Å². The van der Waals surface area contributed by atoms with Gasteiger partial charge in [-0.3, -0.25) is 0 Å². The molecule has 4 rings (SSSR count). The largest absolute Gasteiger partial charge is 0.492 e. The Balaban J connectivity index is 1.88. The van der Waals surface area contributed by atoms with Crippen molar-refractivity contribution >= 4 is 27.9 Å². The fourth-order valence-electron chi connectivity index (χ4n) is 3.41. The molecular formula is C16H18ClN4OS+. The number of aromatic hydroxyl groups is 1. The molecule has 0 unspecified atom stereocenters. The SMILES string of the molecule is Cc1nc2sc([C@@H](c3ccccc3Cl)[NH+]3CCCC3)c(O)n2n1. The molecule has 0 aliphatic carbocycles. The molecule has 0 amide bonds. The first-order chi connectivity index (χ1) is 11.1. The van der Waals surface area contributed by atoms with Gasteiger partial charge in [0.15, 0.2) is 6.04 Å². The highest BCUT2D eigenvalue weighted by Crippen LogP contribution is 2.37. The van der Waals surface area contributed by atoms with Crippen molar-refractivity contribution in [3.05, 3.63) is 45.6 Å². The summed E-state index contributed by atoms with van der Waals surface area (Å²) in [5.74, 6) is 0.857. The Morgan fingerprint density at radius 2 is 2.04 bits per heavy atom. The van der Waals surface area contributed by atoms with Crippen molar-refractivity contribution < 1.29 is 10.0 Å². The summed E-state index contributed by atoms with van der Waals surface area (Å²) in [5.41, 5.74) is 1.06. The molecule has 23 heavy (non-hydrogen) atoms. The van der Waals surface area contributed by atoms with E-state index in [4.69, 9.17) is 11.6 Å². The summed E-state index contributed by atoms with van der Waals surface area (Å²) in [6.45, 7) is 4.00. The highest BCUT2D eigenvalue weighted by atomic mass is 35.5. The Morgan fingerprint density at radius 3 is 2.74 bits per heavy atom. The van der Waals surface area contributed by atoms with E-state index in [-0.39, 0.29) is 11.9 Å². The summed E-state index contributed by atoms with van der Waals surface area (Å²) in [7, 11) is 0. The molecule has 7 heteroatoms. The molecule has 1 aliphatic heterocycles. The monoisotopic (exact) mass is 349 g/mol. The fraction of sp³-hybridized carbons (Fsp3) is 0.375. The number of hydrogen-bond donors (Lipinski definition) is 2. The molecule has 1 aliphatic rings. The number of nitrogens with zero attached hydrogens (tertiary/aromatic N) is 3. The Bertz CT molecular complexity index is 853. The van der Waals surface area contributed by atoms with Gasteiger partial charge in [0.2, 0.25) is 10.8 Å². The van der Waals surface area contributed by atoms with E-state index in [9.17, 15) is 5.11 Å². The number of hydrogen-bond acceptors (Lipinski definition) is 4. The molecule has 3 aromatic rings. The van der Waals surface area contributed by atoms with E-state index in [0.29, 0.717) is 5.82 Å². The number of halogens is 1. The standard InChI is InChI=1S/C16H17ClN4OS/c1-10-18-16-21(19-10)15(22)14(23-16)13(20-8-4-5-9-20)11-6-2-3-7-12(11)17/h2-3,6-7,13,22H,4-5,8-9H2,1H3/p+1/t13-/m1/s1. The van der Waals surface area contributed by atoms with E-state index in [0.717, 1.165) is 33.5 Å². The van der Waals surface area contributed by atoms with Crippen molar-refractivity contribution in [1.29, 1.82) is 0 Å². The van der Waals surface area contributed by atoms with Crippen LogP contribution < -0.4 is 4.90 Å². The summed E-state index contributed by atoms with van der Waals surface area (Å²) >= 11 is 7.97. The molecule has 5 nitrogen and oxygen atoms in total. The molecule has 1 fully saturated rings. The second-order valence-electron chi connectivity index (χ2n) is 5.96. The fourth-order valence-corrected chi connectivity index (χ4v) is 4.83. The first kappa shape index (κ1) is 14.9. The Hall–Kier alpha value is -1.63. The lowest BCUT2D eigenvalue weighted by molar-refractivity contribution is -0.913. The molecular weight excluding hydrogens is 332 g/mol. The maximum absolute atomic E-state index is 10.7. The van der Waals surface area contributed by atoms with Crippen molar-refractivity contribution in [2.45, 2.75) is 25.8 Å². The van der Waals surface area contributed by atoms with Gasteiger partial charge in [0.1, 0.15) is 10.7 Å². The van der Waals surface area contributed by atoms with Gasteiger partial charge in [0.25, 0.3) is 0 Å². The van der Waals surface area contributed by atoms with Gasteiger partial charge >= 0.3 is 0 Å². The smallest absolute Gasteiger partial charge is 0.235 e. The number of benzene rings is 1. The van der Waals surface area contributed by atoms with Crippen LogP contribution in [0, 0.1) is 6.92 Å². The lowest BCUT2D eigenvalue weighted by Gasteiger charge is -2.24. The van der Waals surface area contributed by atoms with Crippen molar-refractivity contribution in [2.75, 3.05) is 13.1 Å². The van der Waals surface area contributed by atoms with Gasteiger partial charge in [-0.05, 0) is 13.0 Å². The van der Waals surface area contributed by atoms with E-state index in [1.807, 2.05) is 25.1 Å². The molecule has 3 heterocycles. The van der Waals surface area contributed by atoms with Crippen molar-refractivity contribution in [3.8, 4) is 5.88 Å². The first-order valence-corrected chi connectivity index (χ1v) is 8.98. The summed E-state index contributed by atoms with van der Waals surface area (Å²) in [6, 6.07) is 7.94. The van der Waals surface area contributed by atoms with Crippen LogP contribution in [-0.4, -0.2) is 32.8 Å². The minimum atomic E-state index is 0.0278. The van der Waals surface area contributed by atoms with Crippen LogP contribution in [0.15, 0.2) is 24.3 Å². The van der Waals surface area contributed by atoms with Gasteiger partial charge in [-0.25, -0.2) is 4.98 Å². The molecule has 2 aromatic heterocycles. The highest BCUT2D eigenvalue weighted by molar-refractivity contribution is 7.17. The topological polar surface area (TPSA) is 54.9 Å². The summed E-state index contributed by atoms with van der Waals surface area (Å²) in [4.78, 5) is 7.45. The zero-order chi connectivity index (χ0) is 16.0. The molecule has 120 valence electrons. The Kier molecular flexibility index (Phi) is 3.75. The summed E-state index contributed by atoms with van der Waals surface area (Å²) in [6.07, 6.45) is 2.41. The van der Waals surface area contributed by atoms with Crippen LogP contribution in [0.1, 0.15) is 35.1 Å². The zero-order valence-electron chi connectivity index (χ0n) is 12.8. The van der Waals surface area contributed by atoms with Gasteiger partial charge in [0, 0.05) is 18.4 Å². The molecule has 1 saturated heterocycles. The van der Waals surface area contributed by atoms with Gasteiger partial charge in [-0.2, -0.15) is 4.52 Å². The van der Waals surface area contributed by atoms with Gasteiger partial charge in [-0.1, -0.05) is 41.1 Å². The third-order valence-corrected chi connectivity index (χ3v) is 5.87. The highest BCUT2D eigenvalue weighted by Gasteiger charge is 2.35. The maximum Gasteiger partial charge on any atom is 0.235 e. The number of thiazole rings is 1. The minimum Gasteiger partial charge on any atom is -0.492 e. The number of fused-ring (bicyclic) bond motifs is 1. The number of nitrogens with one attached hydrogen (secondary N) is 1. The average Bonchev–Trinajstić information content (AvgIpc) is 3.22. The number of likely N-dealkylation sites (tertiary alicyclic amines) is 1. The normalized spacial score (nSPS) is 17.1. The molecule has 1 aromatic carbocycles. The second kappa shape index (κ2) is 5.78. The maximum atomic E-state index is 10.7. The van der Waals surface area contributed by atoms with Gasteiger partial charge in [-0.15, -0.1) is 5.10 Å². The predicted octanol–water partition coefficient (Wildman–Crippen LogP) is 2.23. The van der Waals surface area contributed by atoms with E-state index in [1.54, 1.807) is 0 Å². The van der Waals surface area contributed by atoms with Crippen LogP contribution in [-0.2, 0) is 0 Å². The number of quaternary nitrogens is 1. The average molecular weight is 350 g/mol. The first-order valence-electron chi connectivity index (χ1n) is 7.79. The predicted molar refractivity (Wildman–Crippen MR) is 90.5 cm³/mol. The second-order valence-corrected chi connectivity index (χ2v) is 7.38. The molecule has 0 radical (unpaired) electrons. The van der Waals surface area contributed by atoms with Crippen LogP contribution >= 0.6 is 22.9 Å². The van der Waals surface area contributed by atoms with Crippen LogP contribution in [0.2, 0.25) is 5.02 Å². The van der Waals surface area contributed by atoms with Crippen LogP contribution in [0.3, 0.4) is 0 Å². The number of aryl methyl sites for hydroxylation is 1. The van der Waals surface area contributed by atoms with Crippen molar-refractivity contribution in [2.24, 2.45) is 0 Å². The van der Waals surface area contributed by atoms with Gasteiger partial charge in [0.05, 0.1) is 18.1 Å². The Labute approximate surface area is 143 Å². The molecule has 1 atom stereocenters. The minimum absolute atomic E-state index is 0.0278. The van der Waals surface area contributed by atoms with Crippen LogP contribution in [0.25, 0.3) is 4.96 Å². The lowest BCUT2D eigenvalue weighted by Crippen LogP contribution is -3.10. The molecule has 0 bridgehead atoms. The van der Waals surface area contributed by atoms with E-state index < -0.39 is 0 Å². The Morgan fingerprint density at radius 1 is 1.30 bits per heavy atom. The quantitative estimate of drug-likeness (QED) is 0.762. The van der Waals surface area contributed by atoms with E-state index in [1.165, 1.54) is 33.6 Å². The molecule has 2 N–H and O–H groups in total. The zero-order valence-corrected chi connectivity index (χ0v) is 14.4. The van der Waals surface area contributed by atoms with E-state index in [2.05, 4.69) is 16.1 Å². The number of rotatable bonds is 3. The molecule has 0 spiro atoms. The molecule has 0 saturated carbocycles. The summed E-state index contributed by atoms with van der Waals surface area (Å²) < 4.78 is 1.54. The summed E-state index contributed by atoms with van der Waals surface area (Å²) in [5, 5.41) is 15.7.